The van der Waals surface area contributed by atoms with Crippen LogP contribution in [0.15, 0.2) is 388 Å². The van der Waals surface area contributed by atoms with E-state index < -0.39 is 0 Å². The van der Waals surface area contributed by atoms with Gasteiger partial charge in [-0.25, -0.2) is 19.9 Å². The van der Waals surface area contributed by atoms with Gasteiger partial charge in [0.2, 0.25) is 0 Å². The van der Waals surface area contributed by atoms with Crippen LogP contribution in [0.25, 0.3) is 199 Å². The maximum absolute atomic E-state index is 5.24. The quantitative estimate of drug-likeness (QED) is 0.137. The minimum absolute atomic E-state index is 0.704. The Bertz CT molecular complexity index is 7150. The molecule has 0 saturated heterocycles. The highest BCUT2D eigenvalue weighted by Crippen LogP contribution is 2.46. The fourth-order valence-corrected chi connectivity index (χ4v) is 16.6. The number of nitrogens with zero attached hydrogens (tertiary/aromatic N) is 8. The van der Waals surface area contributed by atoms with Crippen molar-refractivity contribution in [1.82, 2.24) is 38.2 Å². The summed E-state index contributed by atoms with van der Waals surface area (Å²) >= 11 is 0. The first-order valence-electron chi connectivity index (χ1n) is 36.7. The molecule has 0 aliphatic carbocycles. The van der Waals surface area contributed by atoms with Crippen molar-refractivity contribution in [2.45, 2.75) is 0 Å². The lowest BCUT2D eigenvalue weighted by Crippen LogP contribution is -1.99. The minimum Gasteiger partial charge on any atom is -0.309 e. The van der Waals surface area contributed by atoms with Gasteiger partial charge in [-0.2, -0.15) is 0 Å². The van der Waals surface area contributed by atoms with Crippen LogP contribution in [0, 0.1) is 0 Å². The van der Waals surface area contributed by atoms with E-state index in [4.69, 9.17) is 19.9 Å². The Morgan fingerprint density at radius 3 is 0.935 bits per heavy atom. The molecular formula is C100H64N8. The average molecular weight is 1380 g/mol. The van der Waals surface area contributed by atoms with Gasteiger partial charge in [0, 0.05) is 98.9 Å². The molecule has 0 bridgehead atoms. The first-order chi connectivity index (χ1) is 53.6. The summed E-state index contributed by atoms with van der Waals surface area (Å²) in [4.78, 5) is 20.4. The van der Waals surface area contributed by atoms with E-state index in [1.54, 1.807) is 0 Å². The molecule has 0 fully saturated rings. The molecule has 8 heteroatoms. The van der Waals surface area contributed by atoms with E-state index in [1.165, 1.54) is 92.5 Å². The van der Waals surface area contributed by atoms with Gasteiger partial charge >= 0.3 is 0 Å². The summed E-state index contributed by atoms with van der Waals surface area (Å²) in [5.41, 5.74) is 23.8. The summed E-state index contributed by atoms with van der Waals surface area (Å²) in [6.07, 6.45) is 0. The molecule has 0 unspecified atom stereocenters. The van der Waals surface area contributed by atoms with E-state index in [2.05, 4.69) is 358 Å². The van der Waals surface area contributed by atoms with E-state index in [1.807, 2.05) is 48.5 Å². The molecule has 504 valence electrons. The van der Waals surface area contributed by atoms with E-state index in [0.29, 0.717) is 11.6 Å². The predicted molar refractivity (Wildman–Crippen MR) is 449 cm³/mol. The molecule has 0 atom stereocenters. The highest BCUT2D eigenvalue weighted by atomic mass is 15.0. The molecule has 0 saturated carbocycles. The fraction of sp³-hybridized carbons (Fsp3) is 0. The number of fused-ring (bicyclic) bond motifs is 16. The SMILES string of the molecule is c1ccc(-c2cc(-c3cc(-n4c5ccccc5c5c6c7ccccc7n(-c7ccccc7)c6ccc54)c4ccccc4c3)nc(-c3ccccc3)n2)cc1.c1ccc(-c2cc(-c3ccc4ccc(-n5c6ccccc6c6c7c8ccccc8n(-c8ccccc8)c7ccc65)cc4c3)nc(-c3ccccc3)n2)cc1. The van der Waals surface area contributed by atoms with Crippen molar-refractivity contribution >= 4 is 109 Å². The van der Waals surface area contributed by atoms with Crippen molar-refractivity contribution in [2.75, 3.05) is 0 Å². The fourth-order valence-electron chi connectivity index (χ4n) is 16.6. The van der Waals surface area contributed by atoms with Crippen LogP contribution >= 0.6 is 0 Å². The molecule has 6 heterocycles. The zero-order chi connectivity index (χ0) is 71.2. The van der Waals surface area contributed by atoms with Gasteiger partial charge in [-0.3, -0.25) is 0 Å². The highest BCUT2D eigenvalue weighted by Gasteiger charge is 2.25. The van der Waals surface area contributed by atoms with Crippen LogP contribution < -0.4 is 0 Å². The molecule has 0 aliphatic rings. The maximum Gasteiger partial charge on any atom is 0.160 e. The lowest BCUT2D eigenvalue weighted by atomic mass is 10.0. The monoisotopic (exact) mass is 1380 g/mol. The third kappa shape index (κ3) is 10.4. The Morgan fingerprint density at radius 1 is 0.167 bits per heavy atom. The summed E-state index contributed by atoms with van der Waals surface area (Å²) in [6.45, 7) is 0. The molecule has 6 aromatic heterocycles. The van der Waals surface area contributed by atoms with Gasteiger partial charge in [0.1, 0.15) is 0 Å². The molecule has 16 aromatic carbocycles. The molecule has 8 nitrogen and oxygen atoms in total. The Hall–Kier alpha value is -14.6. The van der Waals surface area contributed by atoms with Crippen LogP contribution in [0.5, 0.6) is 0 Å². The van der Waals surface area contributed by atoms with Crippen molar-refractivity contribution in [3.05, 3.63) is 388 Å². The molecule has 22 aromatic rings. The smallest absolute Gasteiger partial charge is 0.160 e. The summed E-state index contributed by atoms with van der Waals surface area (Å²) in [7, 11) is 0. The Morgan fingerprint density at radius 2 is 0.491 bits per heavy atom. The summed E-state index contributed by atoms with van der Waals surface area (Å²) in [5.74, 6) is 1.42. The van der Waals surface area contributed by atoms with Gasteiger partial charge in [-0.05, 0) is 131 Å². The molecule has 0 amide bonds. The first-order valence-corrected chi connectivity index (χ1v) is 36.7. The summed E-state index contributed by atoms with van der Waals surface area (Å²) < 4.78 is 9.68. The maximum atomic E-state index is 5.24. The number of benzene rings is 16. The topological polar surface area (TPSA) is 71.3 Å². The number of rotatable bonds is 10. The lowest BCUT2D eigenvalue weighted by molar-refractivity contribution is 1.17. The largest absolute Gasteiger partial charge is 0.309 e. The standard InChI is InChI=1S/2C50H32N4/c1-4-14-34(15-5-1)42-32-43(52-50(51-42)35-16-6-2-7-17-35)36-25-24-33-26-27-39(31-37(33)30-36)54-45-23-13-11-21-41(45)49-47(54)29-28-46-48(49)40-20-10-12-22-44(40)53(46)38-18-8-3-9-19-38;1-4-16-33(17-5-1)41-32-42(52-50(51-41)34-18-6-2-7-19-34)36-30-35-20-10-11-23-38(35)47(31-36)54-44-27-15-13-25-40(44)49-46(54)29-28-45-48(49)39-24-12-14-26-43(39)53(45)37-21-8-3-9-22-37/h2*1-32H. The van der Waals surface area contributed by atoms with Gasteiger partial charge in [-0.1, -0.05) is 273 Å². The van der Waals surface area contributed by atoms with Crippen molar-refractivity contribution in [2.24, 2.45) is 0 Å². The van der Waals surface area contributed by atoms with Crippen LogP contribution in [0.2, 0.25) is 0 Å². The zero-order valence-corrected chi connectivity index (χ0v) is 58.5. The predicted octanol–water partition coefficient (Wildman–Crippen LogP) is 25.7. The number of hydrogen-bond donors (Lipinski definition) is 0. The van der Waals surface area contributed by atoms with Crippen molar-refractivity contribution in [1.29, 1.82) is 0 Å². The molecule has 0 radical (unpaired) electrons. The number of para-hydroxylation sites is 6. The Kier molecular flexibility index (Phi) is 14.7. The number of hydrogen-bond acceptors (Lipinski definition) is 4. The van der Waals surface area contributed by atoms with Crippen molar-refractivity contribution < 1.29 is 0 Å². The second-order valence-electron chi connectivity index (χ2n) is 27.6. The van der Waals surface area contributed by atoms with Crippen LogP contribution in [0.3, 0.4) is 0 Å². The molecular weight excluding hydrogens is 1310 g/mol. The summed E-state index contributed by atoms with van der Waals surface area (Å²) in [6, 6.07) is 138. The van der Waals surface area contributed by atoms with Crippen molar-refractivity contribution in [3.63, 3.8) is 0 Å². The van der Waals surface area contributed by atoms with Crippen molar-refractivity contribution in [3.8, 4) is 90.6 Å². The molecule has 108 heavy (non-hydrogen) atoms. The summed E-state index contributed by atoms with van der Waals surface area (Å²) in [5, 5.41) is 14.7. The highest BCUT2D eigenvalue weighted by molar-refractivity contribution is 6.30. The van der Waals surface area contributed by atoms with E-state index in [9.17, 15) is 0 Å². The van der Waals surface area contributed by atoms with Crippen LogP contribution in [0.1, 0.15) is 0 Å². The Balaban J connectivity index is 0.000000138. The minimum atomic E-state index is 0.704. The average Bonchev–Trinajstić information content (AvgIpc) is 1.55. The van der Waals surface area contributed by atoms with Gasteiger partial charge in [0.15, 0.2) is 11.6 Å². The molecule has 0 spiro atoms. The third-order valence-corrected chi connectivity index (χ3v) is 21.4. The Labute approximate surface area is 621 Å². The lowest BCUT2D eigenvalue weighted by Gasteiger charge is -2.15. The van der Waals surface area contributed by atoms with Crippen LogP contribution in [-0.4, -0.2) is 38.2 Å². The second-order valence-corrected chi connectivity index (χ2v) is 27.6. The first kappa shape index (κ1) is 62.0. The van der Waals surface area contributed by atoms with E-state index >= 15 is 0 Å². The van der Waals surface area contributed by atoms with Crippen LogP contribution in [-0.2, 0) is 0 Å². The van der Waals surface area contributed by atoms with Gasteiger partial charge < -0.3 is 18.3 Å². The third-order valence-electron chi connectivity index (χ3n) is 21.4. The van der Waals surface area contributed by atoms with E-state index in [0.717, 1.165) is 95.2 Å². The van der Waals surface area contributed by atoms with Gasteiger partial charge in [0.05, 0.1) is 72.6 Å². The molecule has 0 aliphatic heterocycles. The molecule has 0 N–H and O–H groups in total. The van der Waals surface area contributed by atoms with Gasteiger partial charge in [-0.15, -0.1) is 0 Å². The molecule has 22 rings (SSSR count). The van der Waals surface area contributed by atoms with Gasteiger partial charge in [0.25, 0.3) is 0 Å². The second kappa shape index (κ2) is 25.7. The zero-order valence-electron chi connectivity index (χ0n) is 58.5. The number of aromatic nitrogens is 8. The normalized spacial score (nSPS) is 11.7. The van der Waals surface area contributed by atoms with Crippen LogP contribution in [0.4, 0.5) is 0 Å². The van der Waals surface area contributed by atoms with E-state index in [-0.39, 0.29) is 0 Å².